The molecule has 0 radical (unpaired) electrons. The molecule has 0 heterocycles. The maximum Gasteiger partial charge on any atom is 0.123 e. The van der Waals surface area contributed by atoms with Crippen molar-refractivity contribution in [2.45, 2.75) is 26.4 Å². The molecule has 0 bridgehead atoms. The summed E-state index contributed by atoms with van der Waals surface area (Å²) in [6.45, 7) is 5.17. The van der Waals surface area contributed by atoms with Crippen molar-refractivity contribution in [2.24, 2.45) is 0 Å². The first kappa shape index (κ1) is 11.7. The lowest BCUT2D eigenvalue weighted by Crippen LogP contribution is -2.30. The largest absolute Gasteiger partial charge is 0.284 e. The van der Waals surface area contributed by atoms with Crippen LogP contribution >= 0.6 is 0 Å². The van der Waals surface area contributed by atoms with Crippen molar-refractivity contribution < 1.29 is 4.39 Å². The van der Waals surface area contributed by atoms with Crippen molar-refractivity contribution in [3.63, 3.8) is 0 Å². The zero-order valence-corrected chi connectivity index (χ0v) is 9.07. The minimum Gasteiger partial charge on any atom is -0.284 e. The molecule has 0 aliphatic carbocycles. The molecule has 0 aromatic heterocycles. The van der Waals surface area contributed by atoms with Gasteiger partial charge in [-0.2, -0.15) is 5.26 Å². The second kappa shape index (κ2) is 5.47. The van der Waals surface area contributed by atoms with E-state index in [4.69, 9.17) is 5.26 Å². The molecule has 0 amide bonds. The van der Waals surface area contributed by atoms with Crippen LogP contribution in [0.1, 0.15) is 19.4 Å². The van der Waals surface area contributed by atoms with Gasteiger partial charge in [0.05, 0.1) is 12.6 Å². The van der Waals surface area contributed by atoms with Crippen LogP contribution in [-0.4, -0.2) is 17.5 Å². The Morgan fingerprint density at radius 3 is 2.40 bits per heavy atom. The third kappa shape index (κ3) is 3.69. The lowest BCUT2D eigenvalue weighted by atomic mass is 10.2. The molecule has 2 nitrogen and oxygen atoms in total. The van der Waals surface area contributed by atoms with Gasteiger partial charge in [-0.15, -0.1) is 0 Å². The maximum atomic E-state index is 12.7. The maximum absolute atomic E-state index is 12.7. The highest BCUT2D eigenvalue weighted by molar-refractivity contribution is 5.16. The summed E-state index contributed by atoms with van der Waals surface area (Å²) in [5, 5.41) is 8.66. The highest BCUT2D eigenvalue weighted by Gasteiger charge is 2.09. The SMILES string of the molecule is CC(C)N(CC#N)Cc1ccc(F)cc1. The first-order chi connectivity index (χ1) is 7.13. The fourth-order valence-electron chi connectivity index (χ4n) is 1.34. The van der Waals surface area contributed by atoms with E-state index in [1.54, 1.807) is 12.1 Å². The minimum absolute atomic E-state index is 0.227. The van der Waals surface area contributed by atoms with Gasteiger partial charge in [-0.3, -0.25) is 4.90 Å². The van der Waals surface area contributed by atoms with Gasteiger partial charge < -0.3 is 0 Å². The summed E-state index contributed by atoms with van der Waals surface area (Å²) in [5.74, 6) is -0.227. The quantitative estimate of drug-likeness (QED) is 0.708. The second-order valence-electron chi connectivity index (χ2n) is 3.78. The van der Waals surface area contributed by atoms with E-state index in [1.807, 2.05) is 18.7 Å². The number of hydrogen-bond donors (Lipinski definition) is 0. The third-order valence-electron chi connectivity index (χ3n) is 2.30. The predicted octanol–water partition coefficient (Wildman–Crippen LogP) is 2.56. The molecule has 0 N–H and O–H groups in total. The molecule has 0 aliphatic heterocycles. The molecular formula is C12H15FN2. The van der Waals surface area contributed by atoms with Gasteiger partial charge in [-0.1, -0.05) is 12.1 Å². The smallest absolute Gasteiger partial charge is 0.123 e. The van der Waals surface area contributed by atoms with Crippen molar-refractivity contribution in [3.05, 3.63) is 35.6 Å². The molecule has 1 aromatic carbocycles. The molecule has 0 fully saturated rings. The number of halogens is 1. The number of nitriles is 1. The monoisotopic (exact) mass is 206 g/mol. The van der Waals surface area contributed by atoms with Gasteiger partial charge in [-0.25, -0.2) is 4.39 Å². The molecule has 1 rings (SSSR count). The number of hydrogen-bond acceptors (Lipinski definition) is 2. The third-order valence-corrected chi connectivity index (χ3v) is 2.30. The molecule has 0 aliphatic rings. The Labute approximate surface area is 89.9 Å². The first-order valence-corrected chi connectivity index (χ1v) is 4.99. The Morgan fingerprint density at radius 2 is 1.93 bits per heavy atom. The van der Waals surface area contributed by atoms with Crippen molar-refractivity contribution in [3.8, 4) is 6.07 Å². The van der Waals surface area contributed by atoms with Crippen LogP contribution in [-0.2, 0) is 6.54 Å². The Morgan fingerprint density at radius 1 is 1.33 bits per heavy atom. The summed E-state index contributed by atoms with van der Waals surface area (Å²) in [4.78, 5) is 2.03. The zero-order valence-electron chi connectivity index (χ0n) is 9.07. The van der Waals surface area contributed by atoms with E-state index in [0.29, 0.717) is 19.1 Å². The second-order valence-corrected chi connectivity index (χ2v) is 3.78. The molecule has 3 heteroatoms. The van der Waals surface area contributed by atoms with E-state index in [-0.39, 0.29) is 5.82 Å². The molecule has 1 aromatic rings. The van der Waals surface area contributed by atoms with Crippen LogP contribution < -0.4 is 0 Å². The van der Waals surface area contributed by atoms with Crippen molar-refractivity contribution in [1.82, 2.24) is 4.90 Å². The van der Waals surface area contributed by atoms with Crippen LogP contribution in [0.25, 0.3) is 0 Å². The van der Waals surface area contributed by atoms with Gasteiger partial charge in [0.1, 0.15) is 5.82 Å². The number of rotatable bonds is 4. The Hall–Kier alpha value is -1.40. The molecule has 0 atom stereocenters. The normalized spacial score (nSPS) is 10.7. The molecule has 0 saturated heterocycles. The van der Waals surface area contributed by atoms with Crippen LogP contribution in [0.3, 0.4) is 0 Å². The van der Waals surface area contributed by atoms with Gasteiger partial charge >= 0.3 is 0 Å². The molecule has 0 saturated carbocycles. The highest BCUT2D eigenvalue weighted by atomic mass is 19.1. The van der Waals surface area contributed by atoms with E-state index < -0.39 is 0 Å². The van der Waals surface area contributed by atoms with Crippen LogP contribution in [0, 0.1) is 17.1 Å². The molecular weight excluding hydrogens is 191 g/mol. The number of nitrogens with zero attached hydrogens (tertiary/aromatic N) is 2. The molecule has 80 valence electrons. The van der Waals surface area contributed by atoms with Crippen molar-refractivity contribution >= 4 is 0 Å². The standard InChI is InChI=1S/C12H15FN2/c1-10(2)15(8-7-14)9-11-3-5-12(13)6-4-11/h3-6,10H,8-9H2,1-2H3. The van der Waals surface area contributed by atoms with E-state index in [0.717, 1.165) is 5.56 Å². The molecule has 0 unspecified atom stereocenters. The number of benzene rings is 1. The highest BCUT2D eigenvalue weighted by Crippen LogP contribution is 2.08. The van der Waals surface area contributed by atoms with Crippen LogP contribution in [0.2, 0.25) is 0 Å². The summed E-state index contributed by atoms with van der Waals surface area (Å²) >= 11 is 0. The van der Waals surface area contributed by atoms with Gasteiger partial charge in [0.15, 0.2) is 0 Å². The Bertz CT molecular complexity index is 338. The van der Waals surface area contributed by atoms with E-state index in [2.05, 4.69) is 6.07 Å². The molecule has 0 spiro atoms. The summed E-state index contributed by atoms with van der Waals surface area (Å²) < 4.78 is 12.7. The van der Waals surface area contributed by atoms with Gasteiger partial charge in [0, 0.05) is 12.6 Å². The van der Waals surface area contributed by atoms with Crippen molar-refractivity contribution in [1.29, 1.82) is 5.26 Å². The van der Waals surface area contributed by atoms with Crippen LogP contribution in [0.4, 0.5) is 4.39 Å². The van der Waals surface area contributed by atoms with E-state index in [1.165, 1.54) is 12.1 Å². The lowest BCUT2D eigenvalue weighted by Gasteiger charge is -2.23. The Balaban J connectivity index is 2.66. The summed E-state index contributed by atoms with van der Waals surface area (Å²) in [5.41, 5.74) is 1.03. The minimum atomic E-state index is -0.227. The van der Waals surface area contributed by atoms with E-state index >= 15 is 0 Å². The first-order valence-electron chi connectivity index (χ1n) is 4.99. The molecule has 15 heavy (non-hydrogen) atoms. The summed E-state index contributed by atoms with van der Waals surface area (Å²) in [6, 6.07) is 8.84. The Kier molecular flexibility index (Phi) is 4.26. The summed E-state index contributed by atoms with van der Waals surface area (Å²) in [7, 11) is 0. The predicted molar refractivity (Wildman–Crippen MR) is 57.6 cm³/mol. The van der Waals surface area contributed by atoms with Crippen molar-refractivity contribution in [2.75, 3.05) is 6.54 Å². The topological polar surface area (TPSA) is 27.0 Å². The average molecular weight is 206 g/mol. The van der Waals surface area contributed by atoms with E-state index in [9.17, 15) is 4.39 Å². The van der Waals surface area contributed by atoms with Crippen LogP contribution in [0.15, 0.2) is 24.3 Å². The van der Waals surface area contributed by atoms with Gasteiger partial charge in [0.25, 0.3) is 0 Å². The average Bonchev–Trinajstić information content (AvgIpc) is 2.20. The van der Waals surface area contributed by atoms with Gasteiger partial charge in [0.2, 0.25) is 0 Å². The fraction of sp³-hybridized carbons (Fsp3) is 0.417. The fourth-order valence-corrected chi connectivity index (χ4v) is 1.34. The van der Waals surface area contributed by atoms with Gasteiger partial charge in [-0.05, 0) is 31.5 Å². The lowest BCUT2D eigenvalue weighted by molar-refractivity contribution is 0.240. The van der Waals surface area contributed by atoms with Crippen LogP contribution in [0.5, 0.6) is 0 Å². The zero-order chi connectivity index (χ0) is 11.3. The summed E-state index contributed by atoms with van der Waals surface area (Å²) in [6.07, 6.45) is 0.